The molecule has 1 aromatic carbocycles. The number of piperazine rings is 1. The van der Waals surface area contributed by atoms with Gasteiger partial charge in [-0.15, -0.1) is 0 Å². The van der Waals surface area contributed by atoms with Crippen LogP contribution in [0.4, 0.5) is 0 Å². The summed E-state index contributed by atoms with van der Waals surface area (Å²) in [6.45, 7) is 6.86. The lowest BCUT2D eigenvalue weighted by atomic mass is 10.0. The summed E-state index contributed by atoms with van der Waals surface area (Å²) >= 11 is 0. The van der Waals surface area contributed by atoms with Crippen molar-refractivity contribution in [3.05, 3.63) is 35.4 Å². The lowest BCUT2D eigenvalue weighted by Crippen LogP contribution is -2.52. The number of likely N-dealkylation sites (N-methyl/N-ethyl adjacent to an activating group) is 1. The van der Waals surface area contributed by atoms with Crippen LogP contribution in [0.3, 0.4) is 0 Å². The van der Waals surface area contributed by atoms with Crippen LogP contribution < -0.4 is 5.73 Å². The molecule has 1 saturated heterocycles. The molecule has 0 bridgehead atoms. The SMILES string of the molecule is COCc1cccc(C(CN)N2CCN(C)C(C)C2)c1. The maximum Gasteiger partial charge on any atom is 0.0713 e. The van der Waals surface area contributed by atoms with Crippen LogP contribution in [0.15, 0.2) is 24.3 Å². The van der Waals surface area contributed by atoms with E-state index in [0.717, 1.165) is 19.6 Å². The Morgan fingerprint density at radius 1 is 1.40 bits per heavy atom. The molecule has 0 radical (unpaired) electrons. The lowest BCUT2D eigenvalue weighted by Gasteiger charge is -2.41. The van der Waals surface area contributed by atoms with Gasteiger partial charge in [0.1, 0.15) is 0 Å². The molecule has 20 heavy (non-hydrogen) atoms. The van der Waals surface area contributed by atoms with Crippen molar-refractivity contribution in [1.82, 2.24) is 9.80 Å². The monoisotopic (exact) mass is 277 g/mol. The fourth-order valence-corrected chi connectivity index (χ4v) is 2.91. The van der Waals surface area contributed by atoms with Gasteiger partial charge in [-0.2, -0.15) is 0 Å². The first-order valence-corrected chi connectivity index (χ1v) is 7.37. The number of methoxy groups -OCH3 is 1. The maximum atomic E-state index is 6.05. The van der Waals surface area contributed by atoms with E-state index in [0.29, 0.717) is 25.2 Å². The second-order valence-corrected chi connectivity index (χ2v) is 5.75. The van der Waals surface area contributed by atoms with Crippen LogP contribution in [0, 0.1) is 0 Å². The van der Waals surface area contributed by atoms with Gasteiger partial charge in [0.15, 0.2) is 0 Å². The molecule has 0 amide bonds. The summed E-state index contributed by atoms with van der Waals surface area (Å²) in [6, 6.07) is 9.51. The fraction of sp³-hybridized carbons (Fsp3) is 0.625. The molecule has 0 aliphatic carbocycles. The molecule has 112 valence electrons. The Labute approximate surface area is 122 Å². The smallest absolute Gasteiger partial charge is 0.0713 e. The van der Waals surface area contributed by atoms with Gasteiger partial charge in [0.2, 0.25) is 0 Å². The quantitative estimate of drug-likeness (QED) is 0.885. The molecule has 0 aromatic heterocycles. The highest BCUT2D eigenvalue weighted by Crippen LogP contribution is 2.23. The Kier molecular flexibility index (Phi) is 5.54. The number of ether oxygens (including phenoxy) is 1. The summed E-state index contributed by atoms with van der Waals surface area (Å²) in [6.07, 6.45) is 0. The Morgan fingerprint density at radius 2 is 2.20 bits per heavy atom. The predicted molar refractivity (Wildman–Crippen MR) is 82.6 cm³/mol. The van der Waals surface area contributed by atoms with E-state index in [9.17, 15) is 0 Å². The number of hydrogen-bond acceptors (Lipinski definition) is 4. The molecule has 1 aliphatic rings. The van der Waals surface area contributed by atoms with Crippen LogP contribution in [0.2, 0.25) is 0 Å². The van der Waals surface area contributed by atoms with Gasteiger partial charge in [-0.05, 0) is 25.1 Å². The molecule has 0 spiro atoms. The summed E-state index contributed by atoms with van der Waals surface area (Å²) in [5.74, 6) is 0. The molecule has 4 nitrogen and oxygen atoms in total. The van der Waals surface area contributed by atoms with Crippen LogP contribution >= 0.6 is 0 Å². The van der Waals surface area contributed by atoms with Gasteiger partial charge in [0, 0.05) is 45.4 Å². The Hall–Kier alpha value is -0.940. The van der Waals surface area contributed by atoms with Crippen molar-refractivity contribution in [2.24, 2.45) is 5.73 Å². The molecule has 0 saturated carbocycles. The minimum absolute atomic E-state index is 0.308. The third kappa shape index (κ3) is 3.58. The number of benzene rings is 1. The maximum absolute atomic E-state index is 6.05. The molecule has 1 aromatic rings. The fourth-order valence-electron chi connectivity index (χ4n) is 2.91. The minimum atomic E-state index is 0.308. The van der Waals surface area contributed by atoms with Gasteiger partial charge in [0.25, 0.3) is 0 Å². The van der Waals surface area contributed by atoms with Crippen molar-refractivity contribution in [3.63, 3.8) is 0 Å². The number of nitrogens with zero attached hydrogens (tertiary/aromatic N) is 2. The zero-order valence-electron chi connectivity index (χ0n) is 12.9. The van der Waals surface area contributed by atoms with E-state index < -0.39 is 0 Å². The van der Waals surface area contributed by atoms with Crippen LogP contribution in [0.1, 0.15) is 24.1 Å². The van der Waals surface area contributed by atoms with E-state index in [-0.39, 0.29) is 0 Å². The van der Waals surface area contributed by atoms with E-state index in [4.69, 9.17) is 10.5 Å². The first-order valence-electron chi connectivity index (χ1n) is 7.37. The first-order chi connectivity index (χ1) is 9.65. The molecule has 4 heteroatoms. The Morgan fingerprint density at radius 3 is 2.85 bits per heavy atom. The highest BCUT2D eigenvalue weighted by Gasteiger charge is 2.26. The van der Waals surface area contributed by atoms with Crippen LogP contribution in [-0.2, 0) is 11.3 Å². The zero-order valence-corrected chi connectivity index (χ0v) is 12.9. The molecule has 2 N–H and O–H groups in total. The largest absolute Gasteiger partial charge is 0.380 e. The van der Waals surface area contributed by atoms with E-state index in [1.807, 2.05) is 0 Å². The van der Waals surface area contributed by atoms with Gasteiger partial charge in [0.05, 0.1) is 6.61 Å². The van der Waals surface area contributed by atoms with Crippen LogP contribution in [0.5, 0.6) is 0 Å². The van der Waals surface area contributed by atoms with Crippen molar-refractivity contribution in [2.75, 3.05) is 40.3 Å². The van der Waals surface area contributed by atoms with Crippen LogP contribution in [0.25, 0.3) is 0 Å². The third-order valence-electron chi connectivity index (χ3n) is 4.30. The van der Waals surface area contributed by atoms with Crippen molar-refractivity contribution in [2.45, 2.75) is 25.6 Å². The number of nitrogens with two attached hydrogens (primary N) is 1. The van der Waals surface area contributed by atoms with Gasteiger partial charge < -0.3 is 15.4 Å². The number of hydrogen-bond donors (Lipinski definition) is 1. The van der Waals surface area contributed by atoms with E-state index in [1.54, 1.807) is 7.11 Å². The predicted octanol–water partition coefficient (Wildman–Crippen LogP) is 1.47. The van der Waals surface area contributed by atoms with E-state index in [1.165, 1.54) is 11.1 Å². The molecule has 2 rings (SSSR count). The Balaban J connectivity index is 2.13. The molecule has 2 unspecified atom stereocenters. The average molecular weight is 277 g/mol. The first kappa shape index (κ1) is 15.4. The molecular weight excluding hydrogens is 250 g/mol. The molecule has 1 aliphatic heterocycles. The Bertz CT molecular complexity index is 424. The molecule has 1 heterocycles. The van der Waals surface area contributed by atoms with Crippen LogP contribution in [-0.4, -0.2) is 56.2 Å². The second kappa shape index (κ2) is 7.18. The summed E-state index contributed by atoms with van der Waals surface area (Å²) in [4.78, 5) is 4.92. The molecule has 2 atom stereocenters. The van der Waals surface area contributed by atoms with Crippen molar-refractivity contribution in [1.29, 1.82) is 0 Å². The lowest BCUT2D eigenvalue weighted by molar-refractivity contribution is 0.0740. The highest BCUT2D eigenvalue weighted by atomic mass is 16.5. The zero-order chi connectivity index (χ0) is 14.5. The summed E-state index contributed by atoms with van der Waals surface area (Å²) < 4.78 is 5.22. The minimum Gasteiger partial charge on any atom is -0.380 e. The third-order valence-corrected chi connectivity index (χ3v) is 4.30. The average Bonchev–Trinajstić information content (AvgIpc) is 2.44. The standard InChI is InChI=1S/C16H27N3O/c1-13-11-19(8-7-18(13)2)16(10-17)15-6-4-5-14(9-15)12-20-3/h4-6,9,13,16H,7-8,10-12,17H2,1-3H3. The van der Waals surface area contributed by atoms with Gasteiger partial charge in [-0.3, -0.25) is 4.90 Å². The molecular formula is C16H27N3O. The summed E-state index contributed by atoms with van der Waals surface area (Å²) in [7, 11) is 3.92. The highest BCUT2D eigenvalue weighted by molar-refractivity contribution is 5.26. The van der Waals surface area contributed by atoms with Crippen molar-refractivity contribution >= 4 is 0 Å². The normalized spacial score (nSPS) is 22.9. The van der Waals surface area contributed by atoms with E-state index >= 15 is 0 Å². The van der Waals surface area contributed by atoms with Crippen molar-refractivity contribution < 1.29 is 4.74 Å². The second-order valence-electron chi connectivity index (χ2n) is 5.75. The van der Waals surface area contributed by atoms with Gasteiger partial charge in [-0.1, -0.05) is 24.3 Å². The van der Waals surface area contributed by atoms with Crippen molar-refractivity contribution in [3.8, 4) is 0 Å². The van der Waals surface area contributed by atoms with E-state index in [2.05, 4.69) is 48.0 Å². The molecule has 1 fully saturated rings. The number of rotatable bonds is 5. The van der Waals surface area contributed by atoms with Gasteiger partial charge in [-0.25, -0.2) is 0 Å². The summed E-state index contributed by atoms with van der Waals surface area (Å²) in [5.41, 5.74) is 8.57. The topological polar surface area (TPSA) is 41.7 Å². The van der Waals surface area contributed by atoms with Gasteiger partial charge >= 0.3 is 0 Å². The summed E-state index contributed by atoms with van der Waals surface area (Å²) in [5, 5.41) is 0.